The van der Waals surface area contributed by atoms with E-state index in [2.05, 4.69) is 15.3 Å². The van der Waals surface area contributed by atoms with Crippen LogP contribution >= 0.6 is 0 Å². The summed E-state index contributed by atoms with van der Waals surface area (Å²) in [5.74, 6) is 0.104. The van der Waals surface area contributed by atoms with Gasteiger partial charge in [0.2, 0.25) is 0 Å². The number of rotatable bonds is 3. The maximum Gasteiger partial charge on any atom is 0.257 e. The number of fused-ring (bicyclic) bond motifs is 2. The zero-order valence-electron chi connectivity index (χ0n) is 13.7. The molecule has 0 atom stereocenters. The Kier molecular flexibility index (Phi) is 3.57. The molecule has 0 aliphatic heterocycles. The first-order valence-electron chi connectivity index (χ1n) is 7.98. The molecule has 0 bridgehead atoms. The van der Waals surface area contributed by atoms with Gasteiger partial charge in [-0.1, -0.05) is 42.5 Å². The molecule has 3 N–H and O–H groups in total. The standard InChI is InChI=1S/C19H17N5O/c1-24-17(20)15(19(25)21-11-12-7-3-2-4-8-12)16-18(24)23-14-10-6-5-9-13(14)22-16/h2-10H,11,20H2,1H3,(H,21,25). The van der Waals surface area contributed by atoms with Gasteiger partial charge in [0.1, 0.15) is 16.9 Å². The Labute approximate surface area is 144 Å². The summed E-state index contributed by atoms with van der Waals surface area (Å²) < 4.78 is 1.70. The summed E-state index contributed by atoms with van der Waals surface area (Å²) in [4.78, 5) is 21.9. The Morgan fingerprint density at radius 3 is 2.40 bits per heavy atom. The maximum absolute atomic E-state index is 12.7. The topological polar surface area (TPSA) is 85.8 Å². The number of benzene rings is 2. The van der Waals surface area contributed by atoms with Gasteiger partial charge >= 0.3 is 0 Å². The average Bonchev–Trinajstić information content (AvgIpc) is 2.89. The van der Waals surface area contributed by atoms with Gasteiger partial charge in [-0.2, -0.15) is 0 Å². The van der Waals surface area contributed by atoms with E-state index >= 15 is 0 Å². The highest BCUT2D eigenvalue weighted by Crippen LogP contribution is 2.26. The molecule has 124 valence electrons. The van der Waals surface area contributed by atoms with Crippen molar-refractivity contribution in [2.24, 2.45) is 7.05 Å². The minimum absolute atomic E-state index is 0.253. The molecule has 0 unspecified atom stereocenters. The Morgan fingerprint density at radius 2 is 1.68 bits per heavy atom. The van der Waals surface area contributed by atoms with Gasteiger partial charge in [-0.3, -0.25) is 4.79 Å². The second-order valence-electron chi connectivity index (χ2n) is 5.87. The van der Waals surface area contributed by atoms with Crippen molar-refractivity contribution < 1.29 is 4.79 Å². The van der Waals surface area contributed by atoms with Crippen LogP contribution in [0.15, 0.2) is 54.6 Å². The lowest BCUT2D eigenvalue weighted by Gasteiger charge is -2.05. The van der Waals surface area contributed by atoms with Gasteiger partial charge in [0, 0.05) is 13.6 Å². The summed E-state index contributed by atoms with van der Waals surface area (Å²) in [6, 6.07) is 17.3. The summed E-state index contributed by atoms with van der Waals surface area (Å²) >= 11 is 0. The summed E-state index contributed by atoms with van der Waals surface area (Å²) in [5, 5.41) is 2.91. The Balaban J connectivity index is 1.76. The molecule has 0 aliphatic rings. The van der Waals surface area contributed by atoms with E-state index in [-0.39, 0.29) is 5.91 Å². The lowest BCUT2D eigenvalue weighted by Crippen LogP contribution is -2.23. The predicted octanol–water partition coefficient (Wildman–Crippen LogP) is 2.63. The molecule has 0 fully saturated rings. The average molecular weight is 331 g/mol. The summed E-state index contributed by atoms with van der Waals surface area (Å²) in [7, 11) is 1.79. The van der Waals surface area contributed by atoms with E-state index in [1.807, 2.05) is 54.6 Å². The highest BCUT2D eigenvalue weighted by Gasteiger charge is 2.22. The normalized spacial score (nSPS) is 11.1. The number of hydrogen-bond donors (Lipinski definition) is 2. The van der Waals surface area contributed by atoms with E-state index in [0.717, 1.165) is 16.6 Å². The van der Waals surface area contributed by atoms with Crippen LogP contribution in [-0.4, -0.2) is 20.4 Å². The smallest absolute Gasteiger partial charge is 0.257 e. The molecule has 25 heavy (non-hydrogen) atoms. The first-order valence-corrected chi connectivity index (χ1v) is 7.98. The largest absolute Gasteiger partial charge is 0.384 e. The quantitative estimate of drug-likeness (QED) is 0.604. The molecular formula is C19H17N5O. The van der Waals surface area contributed by atoms with Crippen LogP contribution < -0.4 is 11.1 Å². The van der Waals surface area contributed by atoms with E-state index in [1.54, 1.807) is 11.6 Å². The third-order valence-corrected chi connectivity index (χ3v) is 4.25. The molecule has 4 rings (SSSR count). The van der Waals surface area contributed by atoms with Crippen LogP contribution in [0.3, 0.4) is 0 Å². The van der Waals surface area contributed by atoms with Crippen LogP contribution in [-0.2, 0) is 13.6 Å². The van der Waals surface area contributed by atoms with Crippen molar-refractivity contribution in [2.75, 3.05) is 5.73 Å². The molecule has 2 aromatic carbocycles. The molecule has 0 radical (unpaired) electrons. The number of hydrogen-bond acceptors (Lipinski definition) is 4. The number of nitrogens with two attached hydrogens (primary N) is 1. The molecule has 0 saturated heterocycles. The molecule has 4 aromatic rings. The fraction of sp³-hybridized carbons (Fsp3) is 0.105. The fourth-order valence-corrected chi connectivity index (χ4v) is 2.89. The zero-order valence-corrected chi connectivity index (χ0v) is 13.7. The van der Waals surface area contributed by atoms with Gasteiger partial charge in [0.25, 0.3) is 5.91 Å². The van der Waals surface area contributed by atoms with Gasteiger partial charge in [-0.05, 0) is 17.7 Å². The molecule has 6 nitrogen and oxygen atoms in total. The molecule has 6 heteroatoms. The van der Waals surface area contributed by atoms with Gasteiger partial charge in [-0.15, -0.1) is 0 Å². The van der Waals surface area contributed by atoms with E-state index in [1.165, 1.54) is 0 Å². The van der Waals surface area contributed by atoms with Crippen molar-refractivity contribution in [2.45, 2.75) is 6.54 Å². The van der Waals surface area contributed by atoms with Crippen molar-refractivity contribution >= 4 is 33.9 Å². The Morgan fingerprint density at radius 1 is 1.04 bits per heavy atom. The van der Waals surface area contributed by atoms with Gasteiger partial charge < -0.3 is 15.6 Å². The van der Waals surface area contributed by atoms with Crippen molar-refractivity contribution in [1.82, 2.24) is 19.9 Å². The predicted molar refractivity (Wildman–Crippen MR) is 98.0 cm³/mol. The van der Waals surface area contributed by atoms with Crippen molar-refractivity contribution in [1.29, 1.82) is 0 Å². The molecule has 0 spiro atoms. The number of nitrogens with zero attached hydrogens (tertiary/aromatic N) is 3. The van der Waals surface area contributed by atoms with Gasteiger partial charge in [-0.25, -0.2) is 9.97 Å². The summed E-state index contributed by atoms with van der Waals surface area (Å²) in [6.07, 6.45) is 0. The van der Waals surface area contributed by atoms with Crippen LogP contribution in [0.4, 0.5) is 5.82 Å². The first kappa shape index (κ1) is 15.1. The van der Waals surface area contributed by atoms with Crippen molar-refractivity contribution in [3.05, 3.63) is 65.7 Å². The number of aryl methyl sites for hydroxylation is 1. The Bertz CT molecular complexity index is 1090. The first-order chi connectivity index (χ1) is 12.1. The minimum Gasteiger partial charge on any atom is -0.384 e. The highest BCUT2D eigenvalue weighted by molar-refractivity contribution is 6.10. The summed E-state index contributed by atoms with van der Waals surface area (Å²) in [5.41, 5.74) is 10.2. The molecular weight excluding hydrogens is 314 g/mol. The number of para-hydroxylation sites is 2. The molecule has 2 heterocycles. The third-order valence-electron chi connectivity index (χ3n) is 4.25. The molecule has 2 aromatic heterocycles. The molecule has 1 amide bonds. The lowest BCUT2D eigenvalue weighted by atomic mass is 10.2. The van der Waals surface area contributed by atoms with Crippen LogP contribution in [0, 0.1) is 0 Å². The number of nitrogen functional groups attached to an aromatic ring is 1. The number of anilines is 1. The number of carbonyl (C=O) groups excluding carboxylic acids is 1. The fourth-order valence-electron chi connectivity index (χ4n) is 2.89. The SMILES string of the molecule is Cn1c(N)c(C(=O)NCc2ccccc2)c2nc3ccccc3nc21. The molecule has 0 saturated carbocycles. The minimum atomic E-state index is -0.253. The zero-order chi connectivity index (χ0) is 17.4. The van der Waals surface area contributed by atoms with E-state index in [0.29, 0.717) is 29.1 Å². The number of aromatic nitrogens is 3. The second kappa shape index (κ2) is 5.90. The maximum atomic E-state index is 12.7. The number of nitrogens with one attached hydrogen (secondary N) is 1. The van der Waals surface area contributed by atoms with Crippen molar-refractivity contribution in [3.63, 3.8) is 0 Å². The van der Waals surface area contributed by atoms with Gasteiger partial charge in [0.05, 0.1) is 11.0 Å². The van der Waals surface area contributed by atoms with Crippen LogP contribution in [0.25, 0.3) is 22.2 Å². The second-order valence-corrected chi connectivity index (χ2v) is 5.87. The lowest BCUT2D eigenvalue weighted by molar-refractivity contribution is 0.0953. The van der Waals surface area contributed by atoms with E-state index in [9.17, 15) is 4.79 Å². The van der Waals surface area contributed by atoms with Crippen LogP contribution in [0.5, 0.6) is 0 Å². The summed E-state index contributed by atoms with van der Waals surface area (Å²) in [6.45, 7) is 0.427. The number of amides is 1. The van der Waals surface area contributed by atoms with Crippen LogP contribution in [0.2, 0.25) is 0 Å². The third kappa shape index (κ3) is 2.57. The monoisotopic (exact) mass is 331 g/mol. The van der Waals surface area contributed by atoms with Crippen molar-refractivity contribution in [3.8, 4) is 0 Å². The Hall–Kier alpha value is -3.41. The molecule has 0 aliphatic carbocycles. The number of carbonyl (C=O) groups is 1. The van der Waals surface area contributed by atoms with E-state index < -0.39 is 0 Å². The van der Waals surface area contributed by atoms with Gasteiger partial charge in [0.15, 0.2) is 5.65 Å². The highest BCUT2D eigenvalue weighted by atomic mass is 16.1. The van der Waals surface area contributed by atoms with Crippen LogP contribution in [0.1, 0.15) is 15.9 Å². The van der Waals surface area contributed by atoms with E-state index in [4.69, 9.17) is 5.73 Å².